The number of hydrogen-bond donors (Lipinski definition) is 0. The van der Waals surface area contributed by atoms with Crippen LogP contribution in [0.4, 0.5) is 5.69 Å². The van der Waals surface area contributed by atoms with Crippen molar-refractivity contribution in [1.82, 2.24) is 0 Å². The fourth-order valence-corrected chi connectivity index (χ4v) is 3.57. The summed E-state index contributed by atoms with van der Waals surface area (Å²) in [4.78, 5) is 26.8. The van der Waals surface area contributed by atoms with Crippen LogP contribution in [0, 0.1) is 17.8 Å². The van der Waals surface area contributed by atoms with E-state index >= 15 is 0 Å². The number of hydrogen-bond acceptors (Lipinski definition) is 3. The van der Waals surface area contributed by atoms with E-state index in [1.54, 1.807) is 19.2 Å². The highest BCUT2D eigenvalue weighted by atomic mass is 16.5. The molecule has 1 saturated heterocycles. The van der Waals surface area contributed by atoms with Crippen LogP contribution in [0.25, 0.3) is 0 Å². The van der Waals surface area contributed by atoms with Crippen LogP contribution in [0.3, 0.4) is 0 Å². The highest BCUT2D eigenvalue weighted by Gasteiger charge is 2.51. The average molecular weight is 285 g/mol. The van der Waals surface area contributed by atoms with Crippen molar-refractivity contribution >= 4 is 17.5 Å². The number of carbonyl (C=O) groups excluding carboxylic acids is 2. The molecule has 3 atom stereocenters. The summed E-state index contributed by atoms with van der Waals surface area (Å²) in [6.45, 7) is 4.04. The van der Waals surface area contributed by atoms with Crippen molar-refractivity contribution in [3.05, 3.63) is 35.9 Å². The summed E-state index contributed by atoms with van der Waals surface area (Å²) in [6.07, 6.45) is 2.78. The predicted molar refractivity (Wildman–Crippen MR) is 80.0 cm³/mol. The van der Waals surface area contributed by atoms with Crippen LogP contribution in [0.1, 0.15) is 20.3 Å². The molecule has 4 heteroatoms. The first kappa shape index (κ1) is 13.9. The molecule has 4 nitrogen and oxygen atoms in total. The molecular formula is C17H19NO3. The number of anilines is 1. The number of benzene rings is 1. The Morgan fingerprint density at radius 2 is 1.90 bits per heavy atom. The Balaban J connectivity index is 2.03. The van der Waals surface area contributed by atoms with Crippen LogP contribution < -0.4 is 9.64 Å². The number of nitrogens with zero attached hydrogens (tertiary/aromatic N) is 1. The minimum absolute atomic E-state index is 0.0971. The molecule has 1 heterocycles. The smallest absolute Gasteiger partial charge is 0.238 e. The van der Waals surface area contributed by atoms with Crippen LogP contribution in [0.2, 0.25) is 0 Å². The lowest BCUT2D eigenvalue weighted by Crippen LogP contribution is -2.31. The number of ether oxygens (including phenoxy) is 1. The van der Waals surface area contributed by atoms with Gasteiger partial charge < -0.3 is 4.74 Å². The second kappa shape index (κ2) is 5.02. The minimum atomic E-state index is -0.244. The topological polar surface area (TPSA) is 46.6 Å². The van der Waals surface area contributed by atoms with Gasteiger partial charge in [-0.05, 0) is 31.4 Å². The quantitative estimate of drug-likeness (QED) is 0.620. The number of imide groups is 1. The highest BCUT2D eigenvalue weighted by Crippen LogP contribution is 2.44. The van der Waals surface area contributed by atoms with Crippen LogP contribution in [-0.2, 0) is 9.59 Å². The lowest BCUT2D eigenvalue weighted by atomic mass is 9.76. The molecular weight excluding hydrogens is 266 g/mol. The zero-order chi connectivity index (χ0) is 15.1. The largest absolute Gasteiger partial charge is 0.495 e. The molecule has 0 unspecified atom stereocenters. The summed E-state index contributed by atoms with van der Waals surface area (Å²) in [6, 6.07) is 7.17. The Bertz CT molecular complexity index is 635. The zero-order valence-electron chi connectivity index (χ0n) is 12.5. The van der Waals surface area contributed by atoms with Crippen molar-refractivity contribution in [1.29, 1.82) is 0 Å². The van der Waals surface area contributed by atoms with Gasteiger partial charge in [0, 0.05) is 0 Å². The molecule has 0 N–H and O–H groups in total. The van der Waals surface area contributed by atoms with Gasteiger partial charge in [0.15, 0.2) is 0 Å². The standard InChI is InChI=1S/C17H19NO3/c1-10-8-11(2)15-12(9-10)16(19)18(17(15)20)13-6-4-5-7-14(13)21-3/h4-8,11-12,15H,9H2,1-3H3/t11-,12-,15+/m1/s1. The van der Waals surface area contributed by atoms with Crippen LogP contribution in [-0.4, -0.2) is 18.9 Å². The van der Waals surface area contributed by atoms with Crippen LogP contribution in [0.5, 0.6) is 5.75 Å². The van der Waals surface area contributed by atoms with E-state index in [9.17, 15) is 9.59 Å². The maximum Gasteiger partial charge on any atom is 0.238 e. The van der Waals surface area contributed by atoms with E-state index in [-0.39, 0.29) is 29.6 Å². The van der Waals surface area contributed by atoms with E-state index < -0.39 is 0 Å². The summed E-state index contributed by atoms with van der Waals surface area (Å²) in [5.74, 6) is -0.0387. The molecule has 1 aromatic rings. The average Bonchev–Trinajstić information content (AvgIpc) is 2.70. The van der Waals surface area contributed by atoms with Gasteiger partial charge in [0.1, 0.15) is 5.75 Å². The third kappa shape index (κ3) is 2.06. The second-order valence-electron chi connectivity index (χ2n) is 5.89. The van der Waals surface area contributed by atoms with Gasteiger partial charge in [0.25, 0.3) is 0 Å². The number of carbonyl (C=O) groups is 2. The van der Waals surface area contributed by atoms with Gasteiger partial charge in [-0.3, -0.25) is 9.59 Å². The molecule has 3 rings (SSSR count). The molecule has 1 aliphatic carbocycles. The summed E-state index contributed by atoms with van der Waals surface area (Å²) in [5.41, 5.74) is 1.74. The second-order valence-corrected chi connectivity index (χ2v) is 5.89. The van der Waals surface area contributed by atoms with Gasteiger partial charge in [-0.1, -0.05) is 30.7 Å². The Morgan fingerprint density at radius 3 is 2.62 bits per heavy atom. The Labute approximate surface area is 124 Å². The van der Waals surface area contributed by atoms with E-state index in [0.717, 1.165) is 0 Å². The summed E-state index contributed by atoms with van der Waals surface area (Å²) in [5, 5.41) is 0. The van der Waals surface area contributed by atoms with Gasteiger partial charge in [-0.2, -0.15) is 0 Å². The number of methoxy groups -OCH3 is 1. The monoisotopic (exact) mass is 285 g/mol. The molecule has 1 fully saturated rings. The molecule has 0 radical (unpaired) electrons. The number of para-hydroxylation sites is 2. The molecule has 0 spiro atoms. The first-order valence-electron chi connectivity index (χ1n) is 7.22. The van der Waals surface area contributed by atoms with Crippen molar-refractivity contribution in [3.63, 3.8) is 0 Å². The van der Waals surface area contributed by atoms with E-state index in [4.69, 9.17) is 4.74 Å². The minimum Gasteiger partial charge on any atom is -0.495 e. The summed E-state index contributed by atoms with van der Waals surface area (Å²) >= 11 is 0. The third-order valence-electron chi connectivity index (χ3n) is 4.46. The Morgan fingerprint density at radius 1 is 1.19 bits per heavy atom. The SMILES string of the molecule is COc1ccccc1N1C(=O)[C@H]2[C@H](C)C=C(C)C[C@H]2C1=O. The van der Waals surface area contributed by atoms with E-state index in [0.29, 0.717) is 17.9 Å². The van der Waals surface area contributed by atoms with Crippen LogP contribution >= 0.6 is 0 Å². The lowest BCUT2D eigenvalue weighted by molar-refractivity contribution is -0.122. The molecule has 21 heavy (non-hydrogen) atoms. The lowest BCUT2D eigenvalue weighted by Gasteiger charge is -2.25. The Kier molecular flexibility index (Phi) is 3.32. The third-order valence-corrected chi connectivity index (χ3v) is 4.46. The van der Waals surface area contributed by atoms with Crippen molar-refractivity contribution in [2.75, 3.05) is 12.0 Å². The molecule has 1 aliphatic heterocycles. The van der Waals surface area contributed by atoms with E-state index in [1.807, 2.05) is 26.0 Å². The van der Waals surface area contributed by atoms with Gasteiger partial charge >= 0.3 is 0 Å². The number of amides is 2. The van der Waals surface area contributed by atoms with Crippen molar-refractivity contribution < 1.29 is 14.3 Å². The van der Waals surface area contributed by atoms with E-state index in [1.165, 1.54) is 10.5 Å². The molecule has 2 aliphatic rings. The van der Waals surface area contributed by atoms with E-state index in [2.05, 4.69) is 6.08 Å². The van der Waals surface area contributed by atoms with Gasteiger partial charge in [0.2, 0.25) is 11.8 Å². The first-order valence-corrected chi connectivity index (χ1v) is 7.22. The summed E-state index contributed by atoms with van der Waals surface area (Å²) in [7, 11) is 1.55. The highest BCUT2D eigenvalue weighted by molar-refractivity contribution is 6.23. The maximum atomic E-state index is 12.8. The first-order chi connectivity index (χ1) is 10.0. The number of allylic oxidation sites excluding steroid dienone is 2. The summed E-state index contributed by atoms with van der Waals surface area (Å²) < 4.78 is 5.30. The fraction of sp³-hybridized carbons (Fsp3) is 0.412. The molecule has 0 aromatic heterocycles. The molecule has 2 amide bonds. The fourth-order valence-electron chi connectivity index (χ4n) is 3.57. The Hall–Kier alpha value is -2.10. The van der Waals surface area contributed by atoms with Gasteiger partial charge in [-0.15, -0.1) is 0 Å². The van der Waals surface area contributed by atoms with Gasteiger partial charge in [0.05, 0.1) is 24.6 Å². The molecule has 0 saturated carbocycles. The number of rotatable bonds is 2. The van der Waals surface area contributed by atoms with Crippen LogP contribution in [0.15, 0.2) is 35.9 Å². The molecule has 110 valence electrons. The van der Waals surface area contributed by atoms with Gasteiger partial charge in [-0.25, -0.2) is 4.90 Å². The molecule has 0 bridgehead atoms. The molecule has 1 aromatic carbocycles. The van der Waals surface area contributed by atoms with Crippen molar-refractivity contribution in [3.8, 4) is 5.75 Å². The van der Waals surface area contributed by atoms with Crippen molar-refractivity contribution in [2.24, 2.45) is 17.8 Å². The predicted octanol–water partition coefficient (Wildman–Crippen LogP) is 2.79. The maximum absolute atomic E-state index is 12.8. The normalized spacial score (nSPS) is 28.4. The number of fused-ring (bicyclic) bond motifs is 1. The van der Waals surface area contributed by atoms with Crippen molar-refractivity contribution in [2.45, 2.75) is 20.3 Å². The zero-order valence-corrected chi connectivity index (χ0v) is 12.5.